The number of carbonyl (C=O) groups excluding carboxylic acids is 15. The molecule has 0 bridgehead atoms. The van der Waals surface area contributed by atoms with Gasteiger partial charge in [-0.3, -0.25) is 67.3 Å². The zero-order chi connectivity index (χ0) is 85.2. The van der Waals surface area contributed by atoms with E-state index in [1.165, 1.54) is 21.6 Å². The molecule has 15 amide bonds. The van der Waals surface area contributed by atoms with Crippen LogP contribution in [0.1, 0.15) is 139 Å². The highest BCUT2D eigenvalue weighted by molar-refractivity contribution is 7.98. The van der Waals surface area contributed by atoms with Crippen LogP contribution in [-0.2, 0) is 97.9 Å². The molecule has 4 aromatic rings. The molecule has 0 unspecified atom stereocenters. The fourth-order valence-corrected chi connectivity index (χ4v) is 13.7. The number of unbranched alkanes of at least 4 members (excludes halogenated alkanes) is 1. The number of primary amides is 2. The SMILES string of the molecule is CCNC(=O)[C@H](CCSC)NC(=O)[C@H](CC(C)C)NC(=O)CNC(=O)[C@H](Cc1ccccc1)NC(=O)[C@H](Cc1ccccc1)NC(=O)[C@H](CCC(N)=O)NC(=O)[C@H](CCC(N)=O)NC(=O)[C@@H]1CCCN1C(=O)[C@H](CCCCNC(=O)OCc1ccccc1)NC(=O)[C@@H]1CCCN1C(=O)[C@H](CCCN=C(N)N)NC(=O)OCc1ccccc1. The van der Waals surface area contributed by atoms with E-state index >= 15 is 4.79 Å². The lowest BCUT2D eigenvalue weighted by atomic mass is 10.0. The number of alkyl carbamates (subject to hydrolysis) is 2. The number of amides is 15. The Morgan fingerprint density at radius 3 is 1.35 bits per heavy atom. The highest BCUT2D eigenvalue weighted by Crippen LogP contribution is 2.25. The van der Waals surface area contributed by atoms with Gasteiger partial charge in [0.25, 0.3) is 0 Å². The average molecular weight is 1640 g/mol. The van der Waals surface area contributed by atoms with Crippen LogP contribution in [0.2, 0.25) is 0 Å². The molecule has 636 valence electrons. The topological polar surface area (TPSA) is 530 Å². The van der Waals surface area contributed by atoms with E-state index in [9.17, 15) is 67.1 Å². The number of guanidine groups is 1. The minimum atomic E-state index is -1.70. The van der Waals surface area contributed by atoms with Gasteiger partial charge in [-0.2, -0.15) is 11.8 Å². The maximum atomic E-state index is 15.2. The first-order chi connectivity index (χ1) is 56.1. The lowest BCUT2D eigenvalue weighted by Crippen LogP contribution is -2.60. The molecule has 2 aliphatic rings. The second-order valence-corrected chi connectivity index (χ2v) is 30.0. The molecule has 0 saturated carbocycles. The Hall–Kier alpha value is -11.9. The van der Waals surface area contributed by atoms with E-state index in [0.29, 0.717) is 41.8 Å². The third-order valence-corrected chi connectivity index (χ3v) is 19.9. The maximum absolute atomic E-state index is 15.2. The van der Waals surface area contributed by atoms with E-state index in [4.69, 9.17) is 32.4 Å². The fourth-order valence-electron chi connectivity index (χ4n) is 13.3. The molecule has 0 aliphatic carbocycles. The van der Waals surface area contributed by atoms with Crippen LogP contribution in [0, 0.1) is 5.92 Å². The number of nitrogens with two attached hydrogens (primary N) is 4. The lowest BCUT2D eigenvalue weighted by molar-refractivity contribution is -0.144. The number of ether oxygens (including phenoxy) is 2. The van der Waals surface area contributed by atoms with Crippen molar-refractivity contribution >= 4 is 107 Å². The molecule has 117 heavy (non-hydrogen) atoms. The van der Waals surface area contributed by atoms with E-state index in [-0.39, 0.29) is 128 Å². The van der Waals surface area contributed by atoms with Crippen molar-refractivity contribution in [2.75, 3.05) is 51.3 Å². The zero-order valence-corrected chi connectivity index (χ0v) is 67.6. The summed E-state index contributed by atoms with van der Waals surface area (Å²) in [7, 11) is 0. The summed E-state index contributed by atoms with van der Waals surface area (Å²) < 4.78 is 10.8. The first-order valence-electron chi connectivity index (χ1n) is 39.5. The normalized spacial score (nSPS) is 15.6. The quantitative estimate of drug-likeness (QED) is 0.0166. The van der Waals surface area contributed by atoms with Crippen molar-refractivity contribution in [1.82, 2.24) is 68.3 Å². The van der Waals surface area contributed by atoms with Gasteiger partial charge < -0.3 is 101 Å². The standard InChI is InChI=1S/C81H114N18O17S/c1-5-86-69(103)58(39-44-117-4)92-73(107)61(45-51(2)3)90-68(102)48-89-70(104)62(46-52-23-10-6-11-24-52)95-74(108)63(47-53-25-12-7-13-26-53)96-72(106)56(35-37-66(82)100)91-71(105)57(36-38-67(83)101)93-75(109)64-33-21-42-98(64)77(111)59(31-18-19-40-88-80(113)115-49-54-27-14-8-15-28-54)94-76(110)65-34-22-43-99(65)78(112)60(32-20-41-87-79(84)85)97-81(114)116-50-55-29-16-9-17-30-55/h6-17,23-30,51,56-65H,5,18-22,31-50H2,1-4H3,(H2,82,100)(H2,83,101)(H,86,103)(H,88,113)(H,89,104)(H,90,102)(H,91,105)(H,92,107)(H,93,109)(H,94,110)(H,95,108)(H,96,106)(H,97,114)(H4,84,85,87)/t56-,57-,58-,59-,60-,61-,62-,63-,64-,65-/m0/s1. The summed E-state index contributed by atoms with van der Waals surface area (Å²) in [4.78, 5) is 216. The molecule has 2 fully saturated rings. The molecule has 0 radical (unpaired) electrons. The van der Waals surface area contributed by atoms with Crippen LogP contribution in [0.5, 0.6) is 0 Å². The number of hydrogen-bond donors (Lipinski definition) is 15. The van der Waals surface area contributed by atoms with Crippen LogP contribution < -0.4 is 81.4 Å². The van der Waals surface area contributed by atoms with Crippen molar-refractivity contribution < 1.29 is 81.4 Å². The number of aliphatic imine (C=N–C) groups is 1. The number of nitrogens with one attached hydrogen (secondary N) is 11. The molecule has 4 aromatic carbocycles. The summed E-state index contributed by atoms with van der Waals surface area (Å²) >= 11 is 1.49. The van der Waals surface area contributed by atoms with Crippen molar-refractivity contribution in [3.63, 3.8) is 0 Å². The summed E-state index contributed by atoms with van der Waals surface area (Å²) in [6.45, 7) is 5.26. The molecular weight excluding hydrogens is 1530 g/mol. The molecule has 0 spiro atoms. The Kier molecular flexibility index (Phi) is 40.6. The van der Waals surface area contributed by atoms with E-state index in [0.717, 1.165) is 5.56 Å². The van der Waals surface area contributed by atoms with Gasteiger partial charge in [0, 0.05) is 58.4 Å². The second kappa shape index (κ2) is 50.5. The van der Waals surface area contributed by atoms with Crippen LogP contribution in [0.25, 0.3) is 0 Å². The van der Waals surface area contributed by atoms with Gasteiger partial charge in [-0.1, -0.05) is 135 Å². The summed E-state index contributed by atoms with van der Waals surface area (Å²) in [6, 6.07) is 21.4. The lowest BCUT2D eigenvalue weighted by Gasteiger charge is -2.32. The zero-order valence-electron chi connectivity index (χ0n) is 66.8. The first-order valence-corrected chi connectivity index (χ1v) is 40.9. The van der Waals surface area contributed by atoms with E-state index in [1.807, 2.05) is 26.2 Å². The predicted octanol–water partition coefficient (Wildman–Crippen LogP) is 0.875. The van der Waals surface area contributed by atoms with Gasteiger partial charge in [0.1, 0.15) is 73.6 Å². The van der Waals surface area contributed by atoms with Gasteiger partial charge in [-0.05, 0) is 131 Å². The number of rotatable bonds is 49. The third-order valence-electron chi connectivity index (χ3n) is 19.3. The highest BCUT2D eigenvalue weighted by Gasteiger charge is 2.43. The van der Waals surface area contributed by atoms with Crippen LogP contribution in [-0.4, -0.2) is 216 Å². The number of likely N-dealkylation sites (tertiary alicyclic amines) is 2. The Bertz CT molecular complexity index is 3980. The predicted molar refractivity (Wildman–Crippen MR) is 436 cm³/mol. The smallest absolute Gasteiger partial charge is 0.408 e. The molecule has 10 atom stereocenters. The molecule has 35 nitrogen and oxygen atoms in total. The van der Waals surface area contributed by atoms with Gasteiger partial charge in [0.2, 0.25) is 76.8 Å². The molecule has 36 heteroatoms. The number of likely N-dealkylation sites (N-methyl/N-ethyl adjacent to an activating group) is 1. The summed E-state index contributed by atoms with van der Waals surface area (Å²) in [6.07, 6.45) is -0.0565. The van der Waals surface area contributed by atoms with E-state index in [1.54, 1.807) is 122 Å². The number of nitrogens with zero attached hydrogens (tertiary/aromatic N) is 3. The number of carbonyl (C=O) groups is 15. The van der Waals surface area contributed by atoms with Crippen molar-refractivity contribution in [1.29, 1.82) is 0 Å². The Balaban J connectivity index is 1.21. The van der Waals surface area contributed by atoms with E-state index < -0.39 is 176 Å². The maximum Gasteiger partial charge on any atom is 0.408 e. The van der Waals surface area contributed by atoms with Gasteiger partial charge in [0.05, 0.1) is 6.54 Å². The number of benzene rings is 4. The Morgan fingerprint density at radius 1 is 0.453 bits per heavy atom. The average Bonchev–Trinajstić information content (AvgIpc) is 1.70. The summed E-state index contributed by atoms with van der Waals surface area (Å²) in [5.41, 5.74) is 24.9. The molecule has 6 rings (SSSR count). The van der Waals surface area contributed by atoms with E-state index in [2.05, 4.69) is 63.5 Å². The third kappa shape index (κ3) is 33.9. The molecule has 2 heterocycles. The monoisotopic (exact) mass is 1640 g/mol. The molecule has 0 aromatic heterocycles. The van der Waals surface area contributed by atoms with Gasteiger partial charge in [0.15, 0.2) is 5.96 Å². The van der Waals surface area contributed by atoms with Crippen LogP contribution in [0.3, 0.4) is 0 Å². The summed E-state index contributed by atoms with van der Waals surface area (Å²) in [5.74, 6) is -10.1. The van der Waals surface area contributed by atoms with Gasteiger partial charge in [-0.25, -0.2) is 9.59 Å². The fraction of sp³-hybridized carbons (Fsp3) is 0.506. The van der Waals surface area contributed by atoms with Gasteiger partial charge >= 0.3 is 12.2 Å². The minimum absolute atomic E-state index is 0.00338. The first kappa shape index (κ1) is 94.0. The Morgan fingerprint density at radius 2 is 0.872 bits per heavy atom. The molecule has 2 aliphatic heterocycles. The molecule has 2 saturated heterocycles. The van der Waals surface area contributed by atoms with Crippen molar-refractivity contribution in [2.24, 2.45) is 33.8 Å². The minimum Gasteiger partial charge on any atom is -0.445 e. The van der Waals surface area contributed by atoms with Gasteiger partial charge in [-0.15, -0.1) is 0 Å². The molecular formula is C81H114N18O17S. The van der Waals surface area contributed by atoms with Crippen molar-refractivity contribution in [3.8, 4) is 0 Å². The van der Waals surface area contributed by atoms with Crippen LogP contribution in [0.15, 0.2) is 126 Å². The van der Waals surface area contributed by atoms with Crippen molar-refractivity contribution in [3.05, 3.63) is 144 Å². The second-order valence-electron chi connectivity index (χ2n) is 29.0. The number of thioether (sulfide) groups is 1. The Labute approximate surface area is 685 Å². The largest absolute Gasteiger partial charge is 0.445 e. The van der Waals surface area contributed by atoms with Crippen LogP contribution in [0.4, 0.5) is 9.59 Å². The highest BCUT2D eigenvalue weighted by atomic mass is 32.2. The summed E-state index contributed by atoms with van der Waals surface area (Å²) in [5, 5.41) is 29.5. The van der Waals surface area contributed by atoms with Crippen molar-refractivity contribution in [2.45, 2.75) is 204 Å². The van der Waals surface area contributed by atoms with Crippen LogP contribution >= 0.6 is 11.8 Å². The molecule has 19 N–H and O–H groups in total. The number of hydrogen-bond acceptors (Lipinski definition) is 19.